The number of pyridine rings is 1. The number of hydrogen-bond donors (Lipinski definition) is 0. The minimum absolute atomic E-state index is 0.00832. The average molecular weight is 293 g/mol. The molecule has 106 valence electrons. The van der Waals surface area contributed by atoms with E-state index in [4.69, 9.17) is 16.3 Å². The Morgan fingerprint density at radius 1 is 1.40 bits per heavy atom. The van der Waals surface area contributed by atoms with E-state index >= 15 is 0 Å². The van der Waals surface area contributed by atoms with E-state index in [9.17, 15) is 4.79 Å². The van der Waals surface area contributed by atoms with Crippen molar-refractivity contribution in [1.82, 2.24) is 9.55 Å². The number of halogens is 1. The highest BCUT2D eigenvalue weighted by atomic mass is 35.5. The van der Waals surface area contributed by atoms with Gasteiger partial charge in [-0.25, -0.2) is 4.98 Å². The third-order valence-electron chi connectivity index (χ3n) is 3.34. The third kappa shape index (κ3) is 2.85. The Bertz CT molecular complexity index is 618. The second-order valence-corrected chi connectivity index (χ2v) is 4.90. The summed E-state index contributed by atoms with van der Waals surface area (Å²) in [5, 5.41) is 0. The van der Waals surface area contributed by atoms with Crippen LogP contribution in [0, 0.1) is 13.8 Å². The number of alkyl halides is 1. The first-order chi connectivity index (χ1) is 9.56. The molecule has 4 nitrogen and oxygen atoms in total. The average Bonchev–Trinajstić information content (AvgIpc) is 2.75. The number of carbonyl (C=O) groups excluding carboxylic acids is 1. The highest BCUT2D eigenvalue weighted by Crippen LogP contribution is 2.18. The van der Waals surface area contributed by atoms with Crippen LogP contribution >= 0.6 is 11.6 Å². The molecule has 0 saturated carbocycles. The van der Waals surface area contributed by atoms with Crippen LogP contribution in [0.5, 0.6) is 5.88 Å². The van der Waals surface area contributed by atoms with E-state index in [1.165, 1.54) is 0 Å². The van der Waals surface area contributed by atoms with Crippen LogP contribution in [0.3, 0.4) is 0 Å². The molecule has 0 radical (unpaired) electrons. The molecule has 5 heteroatoms. The van der Waals surface area contributed by atoms with Gasteiger partial charge in [-0.3, -0.25) is 4.79 Å². The molecule has 0 aliphatic heterocycles. The highest BCUT2D eigenvalue weighted by Gasteiger charge is 2.14. The number of aryl methyl sites for hydroxylation is 1. The lowest BCUT2D eigenvalue weighted by atomic mass is 10.2. The second kappa shape index (κ2) is 6.09. The zero-order valence-corrected chi connectivity index (χ0v) is 12.6. The molecule has 0 unspecified atom stereocenters. The van der Waals surface area contributed by atoms with Gasteiger partial charge in [0.2, 0.25) is 5.88 Å². The summed E-state index contributed by atoms with van der Waals surface area (Å²) in [5.41, 5.74) is 3.71. The maximum Gasteiger partial charge on any atom is 0.212 e. The molecule has 2 aromatic rings. The molecule has 0 bridgehead atoms. The zero-order valence-electron chi connectivity index (χ0n) is 11.8. The molecule has 0 aromatic carbocycles. The minimum atomic E-state index is -0.0427. The van der Waals surface area contributed by atoms with E-state index in [2.05, 4.69) is 9.55 Å². The van der Waals surface area contributed by atoms with Crippen molar-refractivity contribution in [3.05, 3.63) is 46.9 Å². The summed E-state index contributed by atoms with van der Waals surface area (Å²) in [5.74, 6) is 0.556. The summed E-state index contributed by atoms with van der Waals surface area (Å²) in [7, 11) is 1.59. The van der Waals surface area contributed by atoms with Gasteiger partial charge < -0.3 is 9.30 Å². The largest absolute Gasteiger partial charge is 0.481 e. The van der Waals surface area contributed by atoms with E-state index in [1.807, 2.05) is 32.0 Å². The van der Waals surface area contributed by atoms with Crippen LogP contribution in [0.2, 0.25) is 0 Å². The van der Waals surface area contributed by atoms with Crippen LogP contribution in [0.4, 0.5) is 0 Å². The number of Topliss-reactive ketones (excluding diaryl/α,β-unsaturated/α-hetero) is 1. The van der Waals surface area contributed by atoms with Gasteiger partial charge in [0.15, 0.2) is 5.78 Å². The number of hydrogen-bond acceptors (Lipinski definition) is 3. The normalized spacial score (nSPS) is 10.6. The molecule has 0 fully saturated rings. The van der Waals surface area contributed by atoms with Gasteiger partial charge in [0.25, 0.3) is 0 Å². The van der Waals surface area contributed by atoms with E-state index in [0.29, 0.717) is 18.0 Å². The second-order valence-electron chi connectivity index (χ2n) is 4.64. The number of carbonyl (C=O) groups is 1. The van der Waals surface area contributed by atoms with E-state index in [1.54, 1.807) is 13.3 Å². The first-order valence-electron chi connectivity index (χ1n) is 6.31. The van der Waals surface area contributed by atoms with Crippen LogP contribution in [0.15, 0.2) is 24.4 Å². The molecule has 0 atom stereocenters. The topological polar surface area (TPSA) is 44.1 Å². The van der Waals surface area contributed by atoms with Crippen molar-refractivity contribution in [2.45, 2.75) is 20.4 Å². The number of ether oxygens (including phenoxy) is 1. The third-order valence-corrected chi connectivity index (χ3v) is 3.59. The van der Waals surface area contributed by atoms with Crippen LogP contribution in [-0.4, -0.2) is 28.3 Å². The fourth-order valence-corrected chi connectivity index (χ4v) is 2.35. The molecule has 0 aliphatic carbocycles. The molecule has 0 aliphatic rings. The summed E-state index contributed by atoms with van der Waals surface area (Å²) < 4.78 is 7.13. The fraction of sp³-hybridized carbons (Fsp3) is 0.333. The molecule has 20 heavy (non-hydrogen) atoms. The molecule has 0 N–H and O–H groups in total. The number of nitrogens with zero attached hydrogens (tertiary/aromatic N) is 2. The van der Waals surface area contributed by atoms with E-state index < -0.39 is 0 Å². The number of methoxy groups -OCH3 is 1. The Hall–Kier alpha value is -1.81. The smallest absolute Gasteiger partial charge is 0.212 e. The molecule has 2 rings (SSSR count). The van der Waals surface area contributed by atoms with Gasteiger partial charge >= 0.3 is 0 Å². The molecule has 2 aromatic heterocycles. The van der Waals surface area contributed by atoms with Gasteiger partial charge in [0.05, 0.1) is 13.0 Å². The number of rotatable bonds is 5. The molecule has 2 heterocycles. The predicted octanol–water partition coefficient (Wildman–Crippen LogP) is 2.98. The van der Waals surface area contributed by atoms with Crippen LogP contribution < -0.4 is 4.74 Å². The van der Waals surface area contributed by atoms with Crippen molar-refractivity contribution in [2.24, 2.45) is 0 Å². The Morgan fingerprint density at radius 2 is 2.15 bits per heavy atom. The standard InChI is InChI=1S/C15H17ClN2O2/c1-10-6-13(14(19)7-16)11(2)18(10)9-12-4-5-15(20-3)17-8-12/h4-6,8H,7,9H2,1-3H3. The maximum atomic E-state index is 11.8. The van der Waals surface area contributed by atoms with Gasteiger partial charge in [0.1, 0.15) is 0 Å². The SMILES string of the molecule is COc1ccc(Cn2c(C)cc(C(=O)CCl)c2C)cn1. The summed E-state index contributed by atoms with van der Waals surface area (Å²) in [4.78, 5) is 15.9. The number of ketones is 1. The molecule has 0 amide bonds. The minimum Gasteiger partial charge on any atom is -0.481 e. The quantitative estimate of drug-likeness (QED) is 0.628. The van der Waals surface area contributed by atoms with Crippen molar-refractivity contribution in [3.8, 4) is 5.88 Å². The highest BCUT2D eigenvalue weighted by molar-refractivity contribution is 6.30. The Kier molecular flexibility index (Phi) is 4.45. The first-order valence-corrected chi connectivity index (χ1v) is 6.85. The molecule has 0 spiro atoms. The monoisotopic (exact) mass is 292 g/mol. The Labute approximate surface area is 123 Å². The molecular formula is C15H17ClN2O2. The fourth-order valence-electron chi connectivity index (χ4n) is 2.21. The molecular weight excluding hydrogens is 276 g/mol. The van der Waals surface area contributed by atoms with E-state index in [-0.39, 0.29) is 11.7 Å². The zero-order chi connectivity index (χ0) is 14.7. The van der Waals surface area contributed by atoms with Crippen LogP contribution in [0.1, 0.15) is 27.3 Å². The van der Waals surface area contributed by atoms with Gasteiger partial charge in [0, 0.05) is 35.8 Å². The lowest BCUT2D eigenvalue weighted by Crippen LogP contribution is -2.07. The summed E-state index contributed by atoms with van der Waals surface area (Å²) in [6, 6.07) is 5.68. The Morgan fingerprint density at radius 3 is 2.70 bits per heavy atom. The van der Waals surface area contributed by atoms with Crippen LogP contribution in [-0.2, 0) is 6.54 Å². The maximum absolute atomic E-state index is 11.8. The lowest BCUT2D eigenvalue weighted by Gasteiger charge is -2.10. The number of aromatic nitrogens is 2. The van der Waals surface area contributed by atoms with Crippen LogP contribution in [0.25, 0.3) is 0 Å². The van der Waals surface area contributed by atoms with Gasteiger partial charge in [-0.15, -0.1) is 11.6 Å². The summed E-state index contributed by atoms with van der Waals surface area (Å²) in [6.07, 6.45) is 1.78. The van der Waals surface area contributed by atoms with Crippen molar-refractivity contribution in [2.75, 3.05) is 13.0 Å². The van der Waals surface area contributed by atoms with Crippen molar-refractivity contribution < 1.29 is 9.53 Å². The van der Waals surface area contributed by atoms with Crippen molar-refractivity contribution in [3.63, 3.8) is 0 Å². The summed E-state index contributed by atoms with van der Waals surface area (Å²) >= 11 is 5.63. The predicted molar refractivity (Wildman–Crippen MR) is 78.8 cm³/mol. The van der Waals surface area contributed by atoms with Crippen molar-refractivity contribution >= 4 is 17.4 Å². The molecule has 0 saturated heterocycles. The van der Waals surface area contributed by atoms with Gasteiger partial charge in [-0.1, -0.05) is 6.07 Å². The lowest BCUT2D eigenvalue weighted by molar-refractivity contribution is 0.102. The van der Waals surface area contributed by atoms with Crippen molar-refractivity contribution in [1.29, 1.82) is 0 Å². The van der Waals surface area contributed by atoms with E-state index in [0.717, 1.165) is 17.0 Å². The van der Waals surface area contributed by atoms with Gasteiger partial charge in [-0.05, 0) is 25.5 Å². The summed E-state index contributed by atoms with van der Waals surface area (Å²) in [6.45, 7) is 4.59. The first kappa shape index (κ1) is 14.6. The van der Waals surface area contributed by atoms with Gasteiger partial charge in [-0.2, -0.15) is 0 Å². The Balaban J connectivity index is 2.28.